The molecule has 0 saturated carbocycles. The molecule has 5 nitrogen and oxygen atoms in total. The maximum atomic E-state index is 6.20. The number of nitrogens with two attached hydrogens (primary N) is 1. The molecule has 0 radical (unpaired) electrons. The Hall–Kier alpha value is -1.66. The summed E-state index contributed by atoms with van der Waals surface area (Å²) in [5.74, 6) is 1.12. The average molecular weight is 294 g/mol. The van der Waals surface area contributed by atoms with Crippen LogP contribution < -0.4 is 5.73 Å². The second kappa shape index (κ2) is 4.47. The van der Waals surface area contributed by atoms with Crippen molar-refractivity contribution >= 4 is 33.6 Å². The fourth-order valence-corrected chi connectivity index (χ4v) is 3.03. The van der Waals surface area contributed by atoms with Crippen LogP contribution in [0.2, 0.25) is 5.02 Å². The van der Waals surface area contributed by atoms with Gasteiger partial charge in [0.2, 0.25) is 4.96 Å². The van der Waals surface area contributed by atoms with E-state index in [1.807, 2.05) is 12.1 Å². The number of benzene rings is 1. The van der Waals surface area contributed by atoms with Gasteiger partial charge in [0.15, 0.2) is 5.82 Å². The third-order valence-corrected chi connectivity index (χ3v) is 4.00. The summed E-state index contributed by atoms with van der Waals surface area (Å²) in [6.07, 6.45) is 0. The monoisotopic (exact) mass is 293 g/mol. The highest BCUT2D eigenvalue weighted by Gasteiger charge is 2.16. The summed E-state index contributed by atoms with van der Waals surface area (Å²) in [4.78, 5) is 0.770. The second-order valence-electron chi connectivity index (χ2n) is 4.55. The molecule has 0 aliphatic carbocycles. The van der Waals surface area contributed by atoms with Gasteiger partial charge in [-0.1, -0.05) is 36.8 Å². The first-order valence-corrected chi connectivity index (χ1v) is 7.03. The lowest BCUT2D eigenvalue weighted by molar-refractivity contribution is 0.727. The number of nitrogen functional groups attached to an aromatic ring is 1. The summed E-state index contributed by atoms with van der Waals surface area (Å²) < 4.78 is 1.78. The van der Waals surface area contributed by atoms with Gasteiger partial charge >= 0.3 is 0 Å². The first-order chi connectivity index (χ1) is 9.06. The first-order valence-electron chi connectivity index (χ1n) is 5.84. The second-order valence-corrected chi connectivity index (χ2v) is 5.92. The molecule has 3 rings (SSSR count). The van der Waals surface area contributed by atoms with Gasteiger partial charge in [-0.2, -0.15) is 9.61 Å². The molecule has 0 atom stereocenters. The quantitative estimate of drug-likeness (QED) is 0.737. The average Bonchev–Trinajstić information content (AvgIpc) is 2.87. The molecule has 98 valence electrons. The van der Waals surface area contributed by atoms with E-state index in [1.54, 1.807) is 10.6 Å². The van der Waals surface area contributed by atoms with E-state index >= 15 is 0 Å². The molecule has 0 bridgehead atoms. The molecular formula is C12H12ClN5S. The van der Waals surface area contributed by atoms with Crippen molar-refractivity contribution in [2.75, 3.05) is 5.73 Å². The van der Waals surface area contributed by atoms with E-state index in [0.717, 1.165) is 21.4 Å². The van der Waals surface area contributed by atoms with Crippen molar-refractivity contribution in [2.45, 2.75) is 19.8 Å². The van der Waals surface area contributed by atoms with E-state index in [4.69, 9.17) is 17.3 Å². The van der Waals surface area contributed by atoms with E-state index in [2.05, 4.69) is 29.1 Å². The van der Waals surface area contributed by atoms with Crippen LogP contribution in [-0.2, 0) is 0 Å². The summed E-state index contributed by atoms with van der Waals surface area (Å²) in [6, 6.07) is 5.41. The van der Waals surface area contributed by atoms with Gasteiger partial charge in [0.05, 0.1) is 5.02 Å². The molecule has 0 unspecified atom stereocenters. The van der Waals surface area contributed by atoms with Crippen LogP contribution in [0.25, 0.3) is 15.5 Å². The minimum absolute atomic E-state index is 0.270. The maximum absolute atomic E-state index is 6.20. The molecule has 2 N–H and O–H groups in total. The lowest BCUT2D eigenvalue weighted by Crippen LogP contribution is -1.98. The van der Waals surface area contributed by atoms with Crippen LogP contribution in [0.1, 0.15) is 25.6 Å². The molecule has 0 saturated heterocycles. The zero-order valence-electron chi connectivity index (χ0n) is 10.5. The summed E-state index contributed by atoms with van der Waals surface area (Å²) in [7, 11) is 0. The Balaban J connectivity index is 2.15. The van der Waals surface area contributed by atoms with Gasteiger partial charge in [-0.25, -0.2) is 0 Å². The zero-order chi connectivity index (χ0) is 13.6. The molecule has 19 heavy (non-hydrogen) atoms. The lowest BCUT2D eigenvalue weighted by atomic mass is 10.2. The number of nitrogens with zero attached hydrogens (tertiary/aromatic N) is 4. The summed E-state index contributed by atoms with van der Waals surface area (Å²) in [5.41, 5.74) is 7.20. The van der Waals surface area contributed by atoms with E-state index in [9.17, 15) is 0 Å². The summed E-state index contributed by atoms with van der Waals surface area (Å²) >= 11 is 7.66. The maximum Gasteiger partial charge on any atom is 0.234 e. The van der Waals surface area contributed by atoms with E-state index in [-0.39, 0.29) is 5.92 Å². The fraction of sp³-hybridized carbons (Fsp3) is 0.250. The molecule has 2 heterocycles. The van der Waals surface area contributed by atoms with Crippen molar-refractivity contribution in [1.82, 2.24) is 19.8 Å². The van der Waals surface area contributed by atoms with E-state index in [1.165, 1.54) is 11.3 Å². The molecule has 2 aromatic heterocycles. The van der Waals surface area contributed by atoms with Crippen LogP contribution in [0.5, 0.6) is 0 Å². The van der Waals surface area contributed by atoms with Gasteiger partial charge in [-0.3, -0.25) is 0 Å². The van der Waals surface area contributed by atoms with Crippen molar-refractivity contribution in [3.63, 3.8) is 0 Å². The molecule has 0 aliphatic rings. The smallest absolute Gasteiger partial charge is 0.234 e. The Morgan fingerprint density at radius 3 is 2.79 bits per heavy atom. The predicted octanol–water partition coefficient (Wildman–Crippen LogP) is 3.21. The van der Waals surface area contributed by atoms with Gasteiger partial charge in [-0.05, 0) is 18.2 Å². The van der Waals surface area contributed by atoms with Crippen LogP contribution in [0.4, 0.5) is 5.69 Å². The number of rotatable bonds is 2. The zero-order valence-corrected chi connectivity index (χ0v) is 12.0. The largest absolute Gasteiger partial charge is 0.399 e. The van der Waals surface area contributed by atoms with Crippen molar-refractivity contribution in [3.8, 4) is 10.6 Å². The molecule has 1 aromatic carbocycles. The van der Waals surface area contributed by atoms with Gasteiger partial charge < -0.3 is 5.73 Å². The molecule has 0 amide bonds. The van der Waals surface area contributed by atoms with E-state index < -0.39 is 0 Å². The Morgan fingerprint density at radius 2 is 2.11 bits per heavy atom. The molecule has 0 aliphatic heterocycles. The molecule has 3 aromatic rings. The van der Waals surface area contributed by atoms with Gasteiger partial charge in [0.1, 0.15) is 5.01 Å². The summed E-state index contributed by atoms with van der Waals surface area (Å²) in [6.45, 7) is 4.12. The van der Waals surface area contributed by atoms with Crippen molar-refractivity contribution in [3.05, 3.63) is 29.0 Å². The van der Waals surface area contributed by atoms with Crippen LogP contribution in [0.15, 0.2) is 18.2 Å². The Labute approximate surface area is 119 Å². The Morgan fingerprint density at radius 1 is 1.32 bits per heavy atom. The van der Waals surface area contributed by atoms with Crippen molar-refractivity contribution < 1.29 is 0 Å². The number of anilines is 1. The number of hydrogen-bond donors (Lipinski definition) is 1. The highest BCUT2D eigenvalue weighted by atomic mass is 35.5. The first kappa shape index (κ1) is 12.4. The standard InChI is InChI=1S/C12H12ClN5S/c1-6(2)10-15-16-12-18(10)17-11(19-12)8-4-3-7(14)5-9(8)13/h3-6H,14H2,1-2H3. The van der Waals surface area contributed by atoms with Crippen LogP contribution in [-0.4, -0.2) is 19.8 Å². The third kappa shape index (κ3) is 2.06. The number of halogens is 1. The highest BCUT2D eigenvalue weighted by Crippen LogP contribution is 2.33. The fourth-order valence-electron chi connectivity index (χ4n) is 1.81. The summed E-state index contributed by atoms with van der Waals surface area (Å²) in [5, 5.41) is 14.2. The normalized spacial score (nSPS) is 11.6. The molecule has 0 spiro atoms. The number of aromatic nitrogens is 4. The topological polar surface area (TPSA) is 69.1 Å². The van der Waals surface area contributed by atoms with Gasteiger partial charge in [0, 0.05) is 17.2 Å². The molecule has 7 heteroatoms. The Kier molecular flexibility index (Phi) is 2.91. The molecule has 0 fully saturated rings. The predicted molar refractivity (Wildman–Crippen MR) is 77.6 cm³/mol. The van der Waals surface area contributed by atoms with E-state index in [0.29, 0.717) is 10.7 Å². The van der Waals surface area contributed by atoms with Crippen LogP contribution in [0.3, 0.4) is 0 Å². The lowest BCUT2D eigenvalue weighted by Gasteiger charge is -2.01. The van der Waals surface area contributed by atoms with Gasteiger partial charge in [0.25, 0.3) is 0 Å². The third-order valence-electron chi connectivity index (χ3n) is 2.75. The minimum Gasteiger partial charge on any atom is -0.399 e. The van der Waals surface area contributed by atoms with Gasteiger partial charge in [-0.15, -0.1) is 10.2 Å². The van der Waals surface area contributed by atoms with Crippen LogP contribution >= 0.6 is 22.9 Å². The van der Waals surface area contributed by atoms with Crippen molar-refractivity contribution in [2.24, 2.45) is 0 Å². The van der Waals surface area contributed by atoms with Crippen molar-refractivity contribution in [1.29, 1.82) is 0 Å². The highest BCUT2D eigenvalue weighted by molar-refractivity contribution is 7.19. The molecular weight excluding hydrogens is 282 g/mol. The number of hydrogen-bond acceptors (Lipinski definition) is 5. The Bertz CT molecular complexity index is 746. The number of fused-ring (bicyclic) bond motifs is 1. The SMILES string of the molecule is CC(C)c1nnc2sc(-c3ccc(N)cc3Cl)nn12. The van der Waals surface area contributed by atoms with Crippen LogP contribution in [0, 0.1) is 0 Å². The minimum atomic E-state index is 0.270.